The number of likely N-dealkylation sites (N-methyl/N-ethyl adjacent to an activating group) is 1. The van der Waals surface area contributed by atoms with E-state index in [-0.39, 0.29) is 12.7 Å². The van der Waals surface area contributed by atoms with Gasteiger partial charge in [-0.3, -0.25) is 10.1 Å². The topological polar surface area (TPSA) is 88.6 Å². The van der Waals surface area contributed by atoms with Gasteiger partial charge in [-0.05, 0) is 19.2 Å². The fourth-order valence-electron chi connectivity index (χ4n) is 3.07. The number of ether oxygens (including phenoxy) is 2. The lowest BCUT2D eigenvalue weighted by Gasteiger charge is -2.20. The van der Waals surface area contributed by atoms with E-state index in [1.165, 1.54) is 27.6 Å². The van der Waals surface area contributed by atoms with E-state index in [9.17, 15) is 4.79 Å². The molecule has 0 atom stereocenters. The largest absolute Gasteiger partial charge is 0.454 e. The van der Waals surface area contributed by atoms with Crippen LogP contribution < -0.4 is 20.1 Å². The molecule has 0 radical (unpaired) electrons. The zero-order valence-electron chi connectivity index (χ0n) is 15.0. The van der Waals surface area contributed by atoms with Gasteiger partial charge in [0.15, 0.2) is 21.8 Å². The number of carbonyl (C=O) groups is 1. The van der Waals surface area contributed by atoms with Crippen molar-refractivity contribution in [2.75, 3.05) is 31.0 Å². The molecule has 0 aliphatic carbocycles. The first-order valence-electron chi connectivity index (χ1n) is 8.75. The lowest BCUT2D eigenvalue weighted by molar-refractivity contribution is 0.102. The quantitative estimate of drug-likeness (QED) is 0.676. The Balaban J connectivity index is 1.26. The van der Waals surface area contributed by atoms with Gasteiger partial charge in [0.1, 0.15) is 5.69 Å². The molecular weight excluding hydrogens is 398 g/mol. The van der Waals surface area contributed by atoms with E-state index in [1.54, 1.807) is 5.38 Å². The molecule has 0 bridgehead atoms. The molecule has 0 saturated carbocycles. The number of hydrogen-bond acceptors (Lipinski definition) is 9. The highest BCUT2D eigenvalue weighted by Gasteiger charge is 2.20. The maximum Gasteiger partial charge on any atom is 0.276 e. The summed E-state index contributed by atoms with van der Waals surface area (Å²) < 4.78 is 10.7. The SMILES string of the molecule is CN1CCc2nc(NC(=O)c3csc(Nc4ccc5c(c4)OCO5)n3)sc2C1. The highest BCUT2D eigenvalue weighted by molar-refractivity contribution is 7.16. The number of rotatable bonds is 4. The molecule has 0 fully saturated rings. The Morgan fingerprint density at radius 1 is 1.21 bits per heavy atom. The Kier molecular flexibility index (Phi) is 4.38. The van der Waals surface area contributed by atoms with Crippen LogP contribution in [0, 0.1) is 0 Å². The van der Waals surface area contributed by atoms with E-state index >= 15 is 0 Å². The number of amides is 1. The standard InChI is InChI=1S/C18H17N5O3S2/c1-23-5-4-11-15(7-23)28-18(20-11)22-16(24)12-8-27-17(21-12)19-10-2-3-13-14(6-10)26-9-25-13/h2-3,6,8H,4-5,7,9H2,1H3,(H,19,21)(H,20,22,24). The minimum atomic E-state index is -0.255. The lowest BCUT2D eigenvalue weighted by atomic mass is 10.2. The van der Waals surface area contributed by atoms with E-state index < -0.39 is 0 Å². The van der Waals surface area contributed by atoms with Crippen molar-refractivity contribution in [1.29, 1.82) is 0 Å². The van der Waals surface area contributed by atoms with Crippen molar-refractivity contribution in [2.45, 2.75) is 13.0 Å². The molecule has 2 aliphatic rings. The summed E-state index contributed by atoms with van der Waals surface area (Å²) in [6.45, 7) is 2.10. The average Bonchev–Trinajstić information content (AvgIpc) is 3.40. The minimum absolute atomic E-state index is 0.233. The third-order valence-electron chi connectivity index (χ3n) is 4.50. The van der Waals surface area contributed by atoms with E-state index in [0.29, 0.717) is 21.7 Å². The Bertz CT molecular complexity index is 1050. The summed E-state index contributed by atoms with van der Waals surface area (Å²) in [5.74, 6) is 1.16. The molecule has 10 heteroatoms. The minimum Gasteiger partial charge on any atom is -0.454 e. The summed E-state index contributed by atoms with van der Waals surface area (Å²) in [5.41, 5.74) is 2.27. The van der Waals surface area contributed by atoms with Gasteiger partial charge in [-0.1, -0.05) is 0 Å². The van der Waals surface area contributed by atoms with Crippen LogP contribution in [0.3, 0.4) is 0 Å². The van der Waals surface area contributed by atoms with Crippen molar-refractivity contribution in [3.8, 4) is 11.5 Å². The third kappa shape index (κ3) is 3.41. The van der Waals surface area contributed by atoms with Crippen molar-refractivity contribution in [1.82, 2.24) is 14.9 Å². The summed E-state index contributed by atoms with van der Waals surface area (Å²) in [6, 6.07) is 5.57. The molecule has 1 amide bonds. The molecule has 0 spiro atoms. The van der Waals surface area contributed by atoms with E-state index in [0.717, 1.165) is 36.6 Å². The van der Waals surface area contributed by atoms with Crippen LogP contribution in [0.2, 0.25) is 0 Å². The third-order valence-corrected chi connectivity index (χ3v) is 6.26. The van der Waals surface area contributed by atoms with Gasteiger partial charge >= 0.3 is 0 Å². The summed E-state index contributed by atoms with van der Waals surface area (Å²) in [6.07, 6.45) is 0.915. The Morgan fingerprint density at radius 3 is 3.04 bits per heavy atom. The van der Waals surface area contributed by atoms with Gasteiger partial charge in [-0.25, -0.2) is 9.97 Å². The first-order chi connectivity index (χ1) is 13.6. The summed E-state index contributed by atoms with van der Waals surface area (Å²) >= 11 is 2.90. The van der Waals surface area contributed by atoms with Crippen LogP contribution in [0.15, 0.2) is 23.6 Å². The number of nitrogens with one attached hydrogen (secondary N) is 2. The number of fused-ring (bicyclic) bond motifs is 2. The molecule has 4 heterocycles. The van der Waals surface area contributed by atoms with Crippen molar-refractivity contribution in [3.63, 3.8) is 0 Å². The molecule has 3 aromatic rings. The summed E-state index contributed by atoms with van der Waals surface area (Å²) in [5, 5.41) is 9.05. The summed E-state index contributed by atoms with van der Waals surface area (Å²) in [4.78, 5) is 24.9. The fraction of sp³-hybridized carbons (Fsp3) is 0.278. The Labute approximate surface area is 169 Å². The second kappa shape index (κ2) is 7.04. The number of benzene rings is 1. The maximum atomic E-state index is 12.5. The second-order valence-electron chi connectivity index (χ2n) is 6.56. The molecule has 0 unspecified atom stereocenters. The molecule has 1 aromatic carbocycles. The molecule has 0 saturated heterocycles. The predicted octanol–water partition coefficient (Wildman–Crippen LogP) is 3.31. The molecule has 28 heavy (non-hydrogen) atoms. The van der Waals surface area contributed by atoms with Gasteiger partial charge in [-0.2, -0.15) is 0 Å². The normalized spacial score (nSPS) is 15.3. The first kappa shape index (κ1) is 17.4. The molecule has 2 aromatic heterocycles. The zero-order valence-corrected chi connectivity index (χ0v) is 16.7. The van der Waals surface area contributed by atoms with Crippen molar-refractivity contribution >= 4 is 44.5 Å². The molecule has 2 aliphatic heterocycles. The first-order valence-corrected chi connectivity index (χ1v) is 10.4. The Hall–Kier alpha value is -2.69. The van der Waals surface area contributed by atoms with Crippen LogP contribution in [-0.4, -0.2) is 41.2 Å². The molecule has 144 valence electrons. The highest BCUT2D eigenvalue weighted by Crippen LogP contribution is 2.35. The number of carbonyl (C=O) groups excluding carboxylic acids is 1. The van der Waals surface area contributed by atoms with Crippen LogP contribution in [0.25, 0.3) is 0 Å². The lowest BCUT2D eigenvalue weighted by Crippen LogP contribution is -2.25. The smallest absolute Gasteiger partial charge is 0.276 e. The monoisotopic (exact) mass is 415 g/mol. The van der Waals surface area contributed by atoms with E-state index in [2.05, 4.69) is 32.5 Å². The van der Waals surface area contributed by atoms with Crippen LogP contribution in [0.5, 0.6) is 11.5 Å². The van der Waals surface area contributed by atoms with Gasteiger partial charge in [0.2, 0.25) is 6.79 Å². The van der Waals surface area contributed by atoms with E-state index in [4.69, 9.17) is 9.47 Å². The van der Waals surface area contributed by atoms with Crippen LogP contribution in [-0.2, 0) is 13.0 Å². The average molecular weight is 416 g/mol. The van der Waals surface area contributed by atoms with Crippen LogP contribution in [0.4, 0.5) is 16.0 Å². The number of nitrogens with zero attached hydrogens (tertiary/aromatic N) is 3. The fourth-order valence-corrected chi connectivity index (χ4v) is 4.87. The number of thiazole rings is 2. The maximum absolute atomic E-state index is 12.5. The molecule has 8 nitrogen and oxygen atoms in total. The van der Waals surface area contributed by atoms with Gasteiger partial charge in [0, 0.05) is 41.5 Å². The number of anilines is 3. The van der Waals surface area contributed by atoms with Gasteiger partial charge < -0.3 is 19.7 Å². The Morgan fingerprint density at radius 2 is 2.11 bits per heavy atom. The van der Waals surface area contributed by atoms with Crippen LogP contribution in [0.1, 0.15) is 21.1 Å². The molecule has 2 N–H and O–H groups in total. The van der Waals surface area contributed by atoms with Crippen molar-refractivity contribution < 1.29 is 14.3 Å². The second-order valence-corrected chi connectivity index (χ2v) is 8.50. The predicted molar refractivity (Wildman–Crippen MR) is 108 cm³/mol. The number of hydrogen-bond donors (Lipinski definition) is 2. The van der Waals surface area contributed by atoms with Crippen molar-refractivity contribution in [3.05, 3.63) is 39.8 Å². The number of aromatic nitrogens is 2. The molecule has 5 rings (SSSR count). The molecular formula is C18H17N5O3S2. The van der Waals surface area contributed by atoms with E-state index in [1.807, 2.05) is 18.2 Å². The summed E-state index contributed by atoms with van der Waals surface area (Å²) in [7, 11) is 2.09. The van der Waals surface area contributed by atoms with Crippen molar-refractivity contribution in [2.24, 2.45) is 0 Å². The zero-order chi connectivity index (χ0) is 19.1. The van der Waals surface area contributed by atoms with Gasteiger partial charge in [-0.15, -0.1) is 22.7 Å². The van der Waals surface area contributed by atoms with Gasteiger partial charge in [0.05, 0.1) is 5.69 Å². The van der Waals surface area contributed by atoms with Crippen LogP contribution >= 0.6 is 22.7 Å². The van der Waals surface area contributed by atoms with Gasteiger partial charge in [0.25, 0.3) is 5.91 Å². The highest BCUT2D eigenvalue weighted by atomic mass is 32.1.